The van der Waals surface area contributed by atoms with Crippen LogP contribution in [0.2, 0.25) is 0 Å². The van der Waals surface area contributed by atoms with Gasteiger partial charge in [-0.2, -0.15) is 0 Å². The van der Waals surface area contributed by atoms with Crippen molar-refractivity contribution >= 4 is 36.7 Å². The molecule has 0 spiro atoms. The summed E-state index contributed by atoms with van der Waals surface area (Å²) in [7, 11) is 0. The Kier molecular flexibility index (Phi) is 8.02. The van der Waals surface area contributed by atoms with Crippen molar-refractivity contribution in [3.8, 4) is 5.75 Å². The van der Waals surface area contributed by atoms with Crippen LogP contribution < -0.4 is 20.7 Å². The van der Waals surface area contributed by atoms with Crippen molar-refractivity contribution in [2.24, 2.45) is 0 Å². The van der Waals surface area contributed by atoms with Crippen LogP contribution in [0.3, 0.4) is 0 Å². The van der Waals surface area contributed by atoms with Gasteiger partial charge in [-0.15, -0.1) is 0 Å². The van der Waals surface area contributed by atoms with Gasteiger partial charge in [0.1, 0.15) is 0 Å². The van der Waals surface area contributed by atoms with Crippen LogP contribution in [0.4, 0.5) is 0 Å². The van der Waals surface area contributed by atoms with E-state index in [0.29, 0.717) is 0 Å². The summed E-state index contributed by atoms with van der Waals surface area (Å²) in [6.45, 7) is 0.776. The molecule has 4 aromatic carbocycles. The van der Waals surface area contributed by atoms with E-state index in [1.165, 1.54) is 28.8 Å². The second-order valence-corrected chi connectivity index (χ2v) is 17.5. The molecule has 0 radical (unpaired) electrons. The average molecular weight is 519 g/mol. The average Bonchev–Trinajstić information content (AvgIpc) is 2.90. The van der Waals surface area contributed by atoms with Crippen molar-refractivity contribution in [3.05, 3.63) is 121 Å². The first-order valence-electron chi connectivity index (χ1n) is 11.8. The Morgan fingerprint density at radius 3 is 1.33 bits per heavy atom. The number of hydrogen-bond donors (Lipinski definition) is 0. The zero-order chi connectivity index (χ0) is 22.8. The van der Waals surface area contributed by atoms with Gasteiger partial charge in [0.2, 0.25) is 0 Å². The van der Waals surface area contributed by atoms with Crippen LogP contribution in [0, 0.1) is 0 Å². The Hall–Kier alpha value is -2.41. The summed E-state index contributed by atoms with van der Waals surface area (Å²) in [4.78, 5) is 0. The summed E-state index contributed by atoms with van der Waals surface area (Å²) < 4.78 is 5.88. The summed E-state index contributed by atoms with van der Waals surface area (Å²) in [5.74, 6) is 0.958. The van der Waals surface area contributed by atoms with Crippen LogP contribution in [0.5, 0.6) is 5.75 Å². The van der Waals surface area contributed by atoms with E-state index in [2.05, 4.69) is 106 Å². The molecule has 4 rings (SSSR count). The van der Waals surface area contributed by atoms with Crippen molar-refractivity contribution in [3.63, 3.8) is 0 Å². The SMILES string of the molecule is BrP(CCCCCCOc1ccccc1)(c1ccccc1)(c1ccccc1)c1ccccc1. The summed E-state index contributed by atoms with van der Waals surface area (Å²) >= 11 is 4.54. The Morgan fingerprint density at radius 1 is 0.485 bits per heavy atom. The van der Waals surface area contributed by atoms with Crippen LogP contribution in [0.1, 0.15) is 25.7 Å². The van der Waals surface area contributed by atoms with Gasteiger partial charge in [0.25, 0.3) is 0 Å². The fourth-order valence-corrected chi connectivity index (χ4v) is 12.4. The second kappa shape index (κ2) is 11.1. The van der Waals surface area contributed by atoms with Gasteiger partial charge in [-0.1, -0.05) is 0 Å². The normalized spacial score (nSPS) is 12.6. The second-order valence-electron chi connectivity index (χ2n) is 8.49. The monoisotopic (exact) mass is 518 g/mol. The van der Waals surface area contributed by atoms with E-state index in [1.807, 2.05) is 30.3 Å². The Bertz CT molecular complexity index is 1000. The zero-order valence-electron chi connectivity index (χ0n) is 19.0. The van der Waals surface area contributed by atoms with Gasteiger partial charge in [0.15, 0.2) is 0 Å². The number of unbranched alkanes of at least 4 members (excludes halogenated alkanes) is 3. The van der Waals surface area contributed by atoms with Crippen molar-refractivity contribution in [2.45, 2.75) is 25.7 Å². The molecule has 0 saturated heterocycles. The molecule has 0 N–H and O–H groups in total. The first kappa shape index (κ1) is 23.7. The van der Waals surface area contributed by atoms with E-state index in [4.69, 9.17) is 4.74 Å². The molecule has 4 aromatic rings. The molecule has 0 heterocycles. The first-order chi connectivity index (χ1) is 16.2. The van der Waals surface area contributed by atoms with Crippen LogP contribution in [0.15, 0.2) is 121 Å². The van der Waals surface area contributed by atoms with Gasteiger partial charge in [-0.05, 0) is 0 Å². The number of hydrogen-bond acceptors (Lipinski definition) is 1. The summed E-state index contributed by atoms with van der Waals surface area (Å²) in [6.07, 6.45) is 5.70. The minimum absolute atomic E-state index is 0.776. The summed E-state index contributed by atoms with van der Waals surface area (Å²) in [5, 5.41) is 1.41. The quantitative estimate of drug-likeness (QED) is 0.148. The van der Waals surface area contributed by atoms with E-state index in [-0.39, 0.29) is 0 Å². The molecule has 0 fully saturated rings. The van der Waals surface area contributed by atoms with E-state index in [1.54, 1.807) is 0 Å². The first-order valence-corrected chi connectivity index (χ1v) is 16.2. The molecule has 0 atom stereocenters. The predicted octanol–water partition coefficient (Wildman–Crippen LogP) is 7.47. The van der Waals surface area contributed by atoms with Crippen LogP contribution in [-0.2, 0) is 0 Å². The van der Waals surface area contributed by atoms with E-state index >= 15 is 0 Å². The van der Waals surface area contributed by atoms with Gasteiger partial charge >= 0.3 is 207 Å². The molecule has 0 aliphatic carbocycles. The van der Waals surface area contributed by atoms with Crippen molar-refractivity contribution in [1.82, 2.24) is 0 Å². The molecule has 0 aliphatic heterocycles. The van der Waals surface area contributed by atoms with Gasteiger partial charge in [0, 0.05) is 0 Å². The molecule has 1 nitrogen and oxygen atoms in total. The Morgan fingerprint density at radius 2 is 0.879 bits per heavy atom. The minimum atomic E-state index is -2.78. The molecular formula is C30H32BrOP. The van der Waals surface area contributed by atoms with Crippen molar-refractivity contribution in [2.75, 3.05) is 12.8 Å². The number of benzene rings is 4. The third-order valence-electron chi connectivity index (χ3n) is 6.37. The maximum atomic E-state index is 5.88. The molecule has 0 amide bonds. The number of para-hydroxylation sites is 1. The maximum absolute atomic E-state index is 5.88. The zero-order valence-corrected chi connectivity index (χ0v) is 21.5. The van der Waals surface area contributed by atoms with Gasteiger partial charge in [0.05, 0.1) is 0 Å². The fourth-order valence-electron chi connectivity index (χ4n) is 4.62. The molecule has 0 bridgehead atoms. The molecular weight excluding hydrogens is 487 g/mol. The molecule has 0 aromatic heterocycles. The molecule has 0 saturated carbocycles. The van der Waals surface area contributed by atoms with Crippen LogP contribution >= 0.6 is 20.8 Å². The van der Waals surface area contributed by atoms with E-state index in [9.17, 15) is 0 Å². The van der Waals surface area contributed by atoms with Crippen LogP contribution in [-0.4, -0.2) is 12.8 Å². The fraction of sp³-hybridized carbons (Fsp3) is 0.200. The van der Waals surface area contributed by atoms with Crippen molar-refractivity contribution in [1.29, 1.82) is 0 Å². The number of rotatable bonds is 11. The molecule has 3 heteroatoms. The molecule has 0 unspecified atom stereocenters. The molecule has 33 heavy (non-hydrogen) atoms. The molecule has 0 aliphatic rings. The standard InChI is InChI=1S/C30H32BrOP/c31-33(28-19-9-4-10-20-28,29-21-11-5-12-22-29,30-23-13-6-14-24-30)26-16-2-1-15-25-32-27-17-7-3-8-18-27/h3-14,17-24H,1-2,15-16,25-26H2. The third kappa shape index (κ3) is 5.24. The third-order valence-corrected chi connectivity index (χ3v) is 16.4. The topological polar surface area (TPSA) is 9.23 Å². The number of ether oxygens (including phenoxy) is 1. The Labute approximate surface area is 206 Å². The van der Waals surface area contributed by atoms with E-state index in [0.717, 1.165) is 31.4 Å². The van der Waals surface area contributed by atoms with E-state index < -0.39 is 5.31 Å². The molecule has 170 valence electrons. The summed E-state index contributed by atoms with van der Waals surface area (Å²) in [6, 6.07) is 43.3. The van der Waals surface area contributed by atoms with Gasteiger partial charge in [-0.3, -0.25) is 0 Å². The Balaban J connectivity index is 1.54. The predicted molar refractivity (Wildman–Crippen MR) is 149 cm³/mol. The van der Waals surface area contributed by atoms with Crippen molar-refractivity contribution < 1.29 is 4.74 Å². The number of halogens is 1. The van der Waals surface area contributed by atoms with Crippen LogP contribution in [0.25, 0.3) is 0 Å². The van der Waals surface area contributed by atoms with Gasteiger partial charge < -0.3 is 0 Å². The summed E-state index contributed by atoms with van der Waals surface area (Å²) in [5.41, 5.74) is 0. The van der Waals surface area contributed by atoms with Gasteiger partial charge in [-0.25, -0.2) is 0 Å².